The van der Waals surface area contributed by atoms with Gasteiger partial charge in [-0.05, 0) is 18.1 Å². The highest BCUT2D eigenvalue weighted by Gasteiger charge is 2.33. The van der Waals surface area contributed by atoms with Crippen molar-refractivity contribution in [2.24, 2.45) is 0 Å². The Balaban J connectivity index is 2.42. The highest BCUT2D eigenvalue weighted by Crippen LogP contribution is 2.23. The Morgan fingerprint density at radius 3 is 2.71 bits per heavy atom. The molecule has 1 saturated heterocycles. The van der Waals surface area contributed by atoms with Crippen LogP contribution in [-0.2, 0) is 0 Å². The van der Waals surface area contributed by atoms with Crippen molar-refractivity contribution in [2.45, 2.75) is 58.4 Å². The lowest BCUT2D eigenvalue weighted by atomic mass is 9.92. The molecule has 1 aromatic rings. The van der Waals surface area contributed by atoms with Crippen molar-refractivity contribution in [1.82, 2.24) is 5.27 Å². The quantitative estimate of drug-likeness (QED) is 0.783. The Bertz CT molecular complexity index is 444. The largest absolute Gasteiger partial charge is 0.380 e. The first-order chi connectivity index (χ1) is 7.93. The lowest BCUT2D eigenvalue weighted by Gasteiger charge is -2.43. The predicted molar refractivity (Wildman–Crippen MR) is 63.2 cm³/mol. The zero-order chi connectivity index (χ0) is 12.6. The maximum atomic E-state index is 7.79. The second-order valence-electron chi connectivity index (χ2n) is 5.72. The van der Waals surface area contributed by atoms with Crippen LogP contribution in [0.15, 0.2) is 4.52 Å². The Morgan fingerprint density at radius 1 is 1.41 bits per heavy atom. The third-order valence-electron chi connectivity index (χ3n) is 3.54. The maximum Gasteiger partial charge on any atom is 0.289 e. The molecule has 0 saturated carbocycles. The van der Waals surface area contributed by atoms with E-state index in [4.69, 9.17) is 9.93 Å². The lowest BCUT2D eigenvalue weighted by molar-refractivity contribution is -0.778. The molecule has 1 aromatic heterocycles. The second kappa shape index (κ2) is 4.20. The van der Waals surface area contributed by atoms with Crippen molar-refractivity contribution in [2.75, 3.05) is 11.6 Å². The van der Waals surface area contributed by atoms with E-state index >= 15 is 0 Å². The molecule has 1 fully saturated rings. The van der Waals surface area contributed by atoms with Crippen LogP contribution in [0.1, 0.15) is 58.6 Å². The molecule has 0 aliphatic carbocycles. The lowest BCUT2D eigenvalue weighted by Crippen LogP contribution is -2.72. The molecular formula is C12H22N4O. The summed E-state index contributed by atoms with van der Waals surface area (Å²) in [7, 11) is 0. The van der Waals surface area contributed by atoms with Crippen LogP contribution in [0, 0.1) is 5.41 Å². The van der Waals surface area contributed by atoms with Gasteiger partial charge in [-0.15, -0.1) is 0 Å². The summed E-state index contributed by atoms with van der Waals surface area (Å²) in [5.41, 5.74) is 1.12. The molecule has 5 nitrogen and oxygen atoms in total. The number of nitrogens with one attached hydrogen (secondary N) is 1. The molecule has 0 aromatic carbocycles. The molecule has 0 radical (unpaired) electrons. The van der Waals surface area contributed by atoms with E-state index in [0.29, 0.717) is 0 Å². The van der Waals surface area contributed by atoms with E-state index in [1.54, 1.807) is 0 Å². The molecule has 1 N–H and O–H groups in total. The van der Waals surface area contributed by atoms with Crippen LogP contribution in [0.4, 0.5) is 0 Å². The van der Waals surface area contributed by atoms with Gasteiger partial charge in [0.15, 0.2) is 0 Å². The van der Waals surface area contributed by atoms with Crippen LogP contribution < -0.4 is 20.6 Å². The smallest absolute Gasteiger partial charge is 0.289 e. The van der Waals surface area contributed by atoms with Gasteiger partial charge < -0.3 is 4.52 Å². The summed E-state index contributed by atoms with van der Waals surface area (Å²) in [6.45, 7) is 9.56. The van der Waals surface area contributed by atoms with Gasteiger partial charge in [0.2, 0.25) is 0 Å². The molecule has 5 heteroatoms. The number of hydrogen-bond donors (Lipinski definition) is 1. The first kappa shape index (κ1) is 12.2. The monoisotopic (exact) mass is 238 g/mol. The van der Waals surface area contributed by atoms with Crippen molar-refractivity contribution in [3.8, 4) is 0 Å². The van der Waals surface area contributed by atoms with E-state index in [1.165, 1.54) is 12.8 Å². The standard InChI is InChI=1S/C12H22N4O/c1-9(2)10-11(13)17-14-16(10)15-8-6-5-7-12(15,3)4/h9,13H,5-8H2,1-4H3. The van der Waals surface area contributed by atoms with Gasteiger partial charge in [-0.3, -0.25) is 10.4 Å². The van der Waals surface area contributed by atoms with Crippen molar-refractivity contribution < 1.29 is 9.31 Å². The van der Waals surface area contributed by atoms with Crippen LogP contribution in [-0.4, -0.2) is 12.1 Å². The van der Waals surface area contributed by atoms with Crippen LogP contribution in [0.5, 0.6) is 0 Å². The number of rotatable bonds is 2. The number of aromatic nitrogens is 2. The Labute approximate surface area is 102 Å². The number of piperidine rings is 1. The molecule has 96 valence electrons. The fourth-order valence-corrected chi connectivity index (χ4v) is 2.53. The summed E-state index contributed by atoms with van der Waals surface area (Å²) in [6, 6.07) is 0. The molecule has 0 bridgehead atoms. The molecule has 1 aliphatic heterocycles. The topological polar surface area (TPSA) is 58.2 Å². The van der Waals surface area contributed by atoms with Crippen molar-refractivity contribution in [3.63, 3.8) is 0 Å². The summed E-state index contributed by atoms with van der Waals surface area (Å²) >= 11 is 0. The summed E-state index contributed by atoms with van der Waals surface area (Å²) < 4.78 is 5.04. The summed E-state index contributed by atoms with van der Waals surface area (Å²) in [6.07, 6.45) is 3.58. The zero-order valence-corrected chi connectivity index (χ0v) is 11.2. The fourth-order valence-electron chi connectivity index (χ4n) is 2.53. The SMILES string of the molecule is CC(C)c1c(=N)o[n-][n+]1N1CCCCC1(C)C. The van der Waals surface area contributed by atoms with E-state index in [1.807, 2.05) is 4.79 Å². The normalized spacial score (nSPS) is 19.9. The van der Waals surface area contributed by atoms with Crippen LogP contribution in [0.25, 0.3) is 0 Å². The zero-order valence-electron chi connectivity index (χ0n) is 11.2. The average Bonchev–Trinajstić information content (AvgIpc) is 2.59. The van der Waals surface area contributed by atoms with Gasteiger partial charge in [-0.2, -0.15) is 0 Å². The summed E-state index contributed by atoms with van der Waals surface area (Å²) in [5, 5.41) is 14.1. The molecule has 2 heterocycles. The van der Waals surface area contributed by atoms with Crippen LogP contribution in [0.3, 0.4) is 0 Å². The van der Waals surface area contributed by atoms with Crippen LogP contribution >= 0.6 is 0 Å². The molecule has 17 heavy (non-hydrogen) atoms. The van der Waals surface area contributed by atoms with Gasteiger partial charge in [0.25, 0.3) is 11.2 Å². The minimum atomic E-state index is 0.0792. The van der Waals surface area contributed by atoms with Crippen molar-refractivity contribution in [1.29, 1.82) is 5.41 Å². The van der Waals surface area contributed by atoms with E-state index in [2.05, 4.69) is 38.0 Å². The fraction of sp³-hybridized carbons (Fsp3) is 0.833. The minimum Gasteiger partial charge on any atom is -0.380 e. The Morgan fingerprint density at radius 2 is 2.12 bits per heavy atom. The molecule has 0 spiro atoms. The number of hydrogen-bond acceptors (Lipinski definition) is 3. The van der Waals surface area contributed by atoms with E-state index in [9.17, 15) is 0 Å². The van der Waals surface area contributed by atoms with E-state index in [0.717, 1.165) is 18.7 Å². The first-order valence-corrected chi connectivity index (χ1v) is 6.35. The van der Waals surface area contributed by atoms with Gasteiger partial charge in [-0.1, -0.05) is 38.9 Å². The predicted octanol–water partition coefficient (Wildman–Crippen LogP) is 1.03. The van der Waals surface area contributed by atoms with E-state index < -0.39 is 0 Å². The highest BCUT2D eigenvalue weighted by atomic mass is 16.5. The van der Waals surface area contributed by atoms with Crippen molar-refractivity contribution in [3.05, 3.63) is 11.2 Å². The third-order valence-corrected chi connectivity index (χ3v) is 3.54. The van der Waals surface area contributed by atoms with Crippen molar-refractivity contribution >= 4 is 0 Å². The first-order valence-electron chi connectivity index (χ1n) is 6.35. The maximum absolute atomic E-state index is 7.79. The molecule has 1 aliphatic rings. The molecule has 0 amide bonds. The second-order valence-corrected chi connectivity index (χ2v) is 5.72. The van der Waals surface area contributed by atoms with Gasteiger partial charge in [0.05, 0.1) is 0 Å². The summed E-state index contributed by atoms with van der Waals surface area (Å²) in [4.78, 5) is 1.81. The van der Waals surface area contributed by atoms with Gasteiger partial charge in [0.1, 0.15) is 0 Å². The van der Waals surface area contributed by atoms with Gasteiger partial charge in [-0.25, -0.2) is 0 Å². The van der Waals surface area contributed by atoms with Crippen LogP contribution in [0.2, 0.25) is 0 Å². The molecule has 2 rings (SSSR count). The molecular weight excluding hydrogens is 216 g/mol. The Kier molecular flexibility index (Phi) is 3.02. The molecule has 0 atom stereocenters. The molecule has 0 unspecified atom stereocenters. The highest BCUT2D eigenvalue weighted by molar-refractivity contribution is 4.98. The summed E-state index contributed by atoms with van der Waals surface area (Å²) in [5.74, 6) is 0.242. The van der Waals surface area contributed by atoms with Gasteiger partial charge in [0, 0.05) is 18.0 Å². The minimum absolute atomic E-state index is 0.0792. The number of nitrogens with zero attached hydrogens (tertiary/aromatic N) is 3. The van der Waals surface area contributed by atoms with E-state index in [-0.39, 0.29) is 17.0 Å². The average molecular weight is 238 g/mol. The third kappa shape index (κ3) is 2.10. The Hall–Kier alpha value is -1.26. The van der Waals surface area contributed by atoms with Gasteiger partial charge >= 0.3 is 0 Å².